The molecule has 128 valence electrons. The van der Waals surface area contributed by atoms with Gasteiger partial charge in [-0.3, -0.25) is 9.48 Å². The van der Waals surface area contributed by atoms with Gasteiger partial charge in [-0.15, -0.1) is 0 Å². The number of nitrogens with zero attached hydrogens (tertiary/aromatic N) is 2. The number of rotatable bonds is 7. The largest absolute Gasteiger partial charge is 0.381 e. The molecule has 1 aromatic heterocycles. The van der Waals surface area contributed by atoms with E-state index in [-0.39, 0.29) is 5.91 Å². The normalized spacial score (nSPS) is 15.3. The van der Waals surface area contributed by atoms with Gasteiger partial charge in [0, 0.05) is 25.8 Å². The summed E-state index contributed by atoms with van der Waals surface area (Å²) in [6.45, 7) is 1.57. The van der Waals surface area contributed by atoms with E-state index in [1.54, 1.807) is 6.20 Å². The van der Waals surface area contributed by atoms with Crippen LogP contribution in [0.2, 0.25) is 0 Å². The molecule has 1 fully saturated rings. The standard InChI is InChI=1S/C19H25N3O2/c23-19(9-5-4-8-16-6-2-1-3-7-16)21-17-14-20-22(15-17)18-10-12-24-13-11-18/h1-3,6-7,14-15,18H,4-5,8-13H2,(H,21,23). The van der Waals surface area contributed by atoms with Gasteiger partial charge >= 0.3 is 0 Å². The number of benzene rings is 1. The first-order valence-electron chi connectivity index (χ1n) is 8.77. The molecule has 1 N–H and O–H groups in total. The number of anilines is 1. The Hall–Kier alpha value is -2.14. The van der Waals surface area contributed by atoms with Crippen LogP contribution in [0.25, 0.3) is 0 Å². The lowest BCUT2D eigenvalue weighted by atomic mass is 10.1. The molecular weight excluding hydrogens is 302 g/mol. The van der Waals surface area contributed by atoms with Gasteiger partial charge in [0.2, 0.25) is 5.91 Å². The highest BCUT2D eigenvalue weighted by Gasteiger charge is 2.16. The molecule has 1 aliphatic heterocycles. The minimum absolute atomic E-state index is 0.0644. The molecule has 0 bridgehead atoms. The Balaban J connectivity index is 1.38. The number of aryl methyl sites for hydroxylation is 1. The van der Waals surface area contributed by atoms with Crippen LogP contribution in [0.15, 0.2) is 42.7 Å². The van der Waals surface area contributed by atoms with Crippen LogP contribution in [0.1, 0.15) is 43.7 Å². The second-order valence-corrected chi connectivity index (χ2v) is 6.29. The van der Waals surface area contributed by atoms with Crippen molar-refractivity contribution in [3.05, 3.63) is 48.3 Å². The van der Waals surface area contributed by atoms with Crippen LogP contribution in [-0.4, -0.2) is 28.9 Å². The number of carbonyl (C=O) groups excluding carboxylic acids is 1. The third kappa shape index (κ3) is 4.93. The molecule has 0 atom stereocenters. The van der Waals surface area contributed by atoms with E-state index in [1.165, 1.54) is 5.56 Å². The van der Waals surface area contributed by atoms with E-state index in [2.05, 4.69) is 34.7 Å². The topological polar surface area (TPSA) is 56.2 Å². The molecule has 5 heteroatoms. The number of amides is 1. The average Bonchev–Trinajstić information content (AvgIpc) is 3.09. The van der Waals surface area contributed by atoms with E-state index >= 15 is 0 Å². The van der Waals surface area contributed by atoms with Crippen LogP contribution in [-0.2, 0) is 16.0 Å². The lowest BCUT2D eigenvalue weighted by molar-refractivity contribution is -0.116. The van der Waals surface area contributed by atoms with Gasteiger partial charge in [0.1, 0.15) is 0 Å². The number of nitrogens with one attached hydrogen (secondary N) is 1. The second-order valence-electron chi connectivity index (χ2n) is 6.29. The van der Waals surface area contributed by atoms with Gasteiger partial charge < -0.3 is 10.1 Å². The molecule has 0 unspecified atom stereocenters. The molecule has 2 heterocycles. The van der Waals surface area contributed by atoms with Crippen molar-refractivity contribution in [3.63, 3.8) is 0 Å². The van der Waals surface area contributed by atoms with Crippen molar-refractivity contribution in [1.82, 2.24) is 9.78 Å². The van der Waals surface area contributed by atoms with E-state index in [1.807, 2.05) is 16.9 Å². The van der Waals surface area contributed by atoms with Crippen molar-refractivity contribution in [2.75, 3.05) is 18.5 Å². The molecule has 0 saturated carbocycles. The third-order valence-corrected chi connectivity index (χ3v) is 4.41. The van der Waals surface area contributed by atoms with Gasteiger partial charge in [-0.2, -0.15) is 5.10 Å². The lowest BCUT2D eigenvalue weighted by Crippen LogP contribution is -2.19. The summed E-state index contributed by atoms with van der Waals surface area (Å²) in [5.41, 5.74) is 2.12. The van der Waals surface area contributed by atoms with Gasteiger partial charge in [-0.05, 0) is 37.7 Å². The predicted octanol–water partition coefficient (Wildman–Crippen LogP) is 3.59. The van der Waals surface area contributed by atoms with E-state index < -0.39 is 0 Å². The number of hydrogen-bond donors (Lipinski definition) is 1. The summed E-state index contributed by atoms with van der Waals surface area (Å²) in [5, 5.41) is 7.32. The fraction of sp³-hybridized carbons (Fsp3) is 0.474. The molecule has 5 nitrogen and oxygen atoms in total. The summed E-state index contributed by atoms with van der Waals surface area (Å²) >= 11 is 0. The Bertz CT molecular complexity index is 633. The fourth-order valence-electron chi connectivity index (χ4n) is 3.03. The summed E-state index contributed by atoms with van der Waals surface area (Å²) in [5.74, 6) is 0.0644. The highest BCUT2D eigenvalue weighted by Crippen LogP contribution is 2.21. The summed E-state index contributed by atoms with van der Waals surface area (Å²) in [4.78, 5) is 12.0. The highest BCUT2D eigenvalue weighted by atomic mass is 16.5. The van der Waals surface area contributed by atoms with Crippen molar-refractivity contribution < 1.29 is 9.53 Å². The Morgan fingerprint density at radius 2 is 2.00 bits per heavy atom. The monoisotopic (exact) mass is 327 g/mol. The van der Waals surface area contributed by atoms with Gasteiger partial charge in [-0.25, -0.2) is 0 Å². The van der Waals surface area contributed by atoms with Crippen LogP contribution >= 0.6 is 0 Å². The lowest BCUT2D eigenvalue weighted by Gasteiger charge is -2.22. The highest BCUT2D eigenvalue weighted by molar-refractivity contribution is 5.90. The van der Waals surface area contributed by atoms with E-state index in [0.29, 0.717) is 12.5 Å². The van der Waals surface area contributed by atoms with Crippen molar-refractivity contribution in [2.24, 2.45) is 0 Å². The Morgan fingerprint density at radius 3 is 2.79 bits per heavy atom. The first-order chi connectivity index (χ1) is 11.8. The summed E-state index contributed by atoms with van der Waals surface area (Å²) in [6.07, 6.45) is 9.12. The smallest absolute Gasteiger partial charge is 0.224 e. The molecule has 1 amide bonds. The van der Waals surface area contributed by atoms with Crippen LogP contribution in [0.4, 0.5) is 5.69 Å². The molecule has 2 aromatic rings. The minimum Gasteiger partial charge on any atom is -0.381 e. The van der Waals surface area contributed by atoms with Crippen molar-refractivity contribution >= 4 is 11.6 Å². The molecule has 0 spiro atoms. The molecule has 0 radical (unpaired) electrons. The number of hydrogen-bond acceptors (Lipinski definition) is 3. The second kappa shape index (κ2) is 8.64. The first-order valence-corrected chi connectivity index (χ1v) is 8.77. The Kier molecular flexibility index (Phi) is 6.01. The minimum atomic E-state index is 0.0644. The first kappa shape index (κ1) is 16.7. The van der Waals surface area contributed by atoms with Crippen LogP contribution in [0, 0.1) is 0 Å². The van der Waals surface area contributed by atoms with E-state index in [4.69, 9.17) is 4.74 Å². The van der Waals surface area contributed by atoms with Gasteiger partial charge in [0.25, 0.3) is 0 Å². The molecule has 0 aliphatic carbocycles. The maximum absolute atomic E-state index is 12.0. The quantitative estimate of drug-likeness (QED) is 0.791. The molecule has 1 saturated heterocycles. The summed E-state index contributed by atoms with van der Waals surface area (Å²) < 4.78 is 7.32. The van der Waals surface area contributed by atoms with Crippen molar-refractivity contribution in [1.29, 1.82) is 0 Å². The van der Waals surface area contributed by atoms with E-state index in [0.717, 1.165) is 51.0 Å². The molecular formula is C19H25N3O2. The number of unbranched alkanes of at least 4 members (excludes halogenated alkanes) is 1. The predicted molar refractivity (Wildman–Crippen MR) is 93.9 cm³/mol. The summed E-state index contributed by atoms with van der Waals surface area (Å²) in [7, 11) is 0. The third-order valence-electron chi connectivity index (χ3n) is 4.41. The molecule has 1 aromatic carbocycles. The zero-order valence-corrected chi connectivity index (χ0v) is 14.0. The Labute approximate surface area is 143 Å². The molecule has 3 rings (SSSR count). The number of carbonyl (C=O) groups is 1. The Morgan fingerprint density at radius 1 is 1.21 bits per heavy atom. The SMILES string of the molecule is O=C(CCCCc1ccccc1)Nc1cnn(C2CCOCC2)c1. The van der Waals surface area contributed by atoms with Crippen LogP contribution in [0.3, 0.4) is 0 Å². The van der Waals surface area contributed by atoms with Crippen molar-refractivity contribution in [3.8, 4) is 0 Å². The van der Waals surface area contributed by atoms with Gasteiger partial charge in [0.05, 0.1) is 17.9 Å². The molecule has 1 aliphatic rings. The van der Waals surface area contributed by atoms with Crippen LogP contribution in [0.5, 0.6) is 0 Å². The molecule has 24 heavy (non-hydrogen) atoms. The fourth-order valence-corrected chi connectivity index (χ4v) is 3.03. The van der Waals surface area contributed by atoms with Gasteiger partial charge in [-0.1, -0.05) is 30.3 Å². The maximum atomic E-state index is 12.0. The van der Waals surface area contributed by atoms with Gasteiger partial charge in [0.15, 0.2) is 0 Å². The number of aromatic nitrogens is 2. The zero-order chi connectivity index (χ0) is 16.6. The van der Waals surface area contributed by atoms with Crippen molar-refractivity contribution in [2.45, 2.75) is 44.6 Å². The maximum Gasteiger partial charge on any atom is 0.224 e. The summed E-state index contributed by atoms with van der Waals surface area (Å²) in [6, 6.07) is 10.8. The zero-order valence-electron chi connectivity index (χ0n) is 14.0. The van der Waals surface area contributed by atoms with Crippen LogP contribution < -0.4 is 5.32 Å². The van der Waals surface area contributed by atoms with E-state index in [9.17, 15) is 4.79 Å². The average molecular weight is 327 g/mol. The number of ether oxygens (including phenoxy) is 1.